The lowest BCUT2D eigenvalue weighted by Gasteiger charge is -2.51. The first-order valence-corrected chi connectivity index (χ1v) is 7.40. The number of hydrogen-bond donors (Lipinski definition) is 1. The Hall–Kier alpha value is -0.630. The highest BCUT2D eigenvalue weighted by atomic mass is 16.5. The zero-order valence-corrected chi connectivity index (χ0v) is 11.8. The minimum absolute atomic E-state index is 0.0910. The van der Waals surface area contributed by atoms with E-state index in [2.05, 4.69) is 13.0 Å². The summed E-state index contributed by atoms with van der Waals surface area (Å²) < 4.78 is 11.7. The molecule has 5 unspecified atom stereocenters. The van der Waals surface area contributed by atoms with E-state index in [1.807, 2.05) is 6.92 Å². The Kier molecular flexibility index (Phi) is 2.94. The molecule has 3 rings (SSSR count). The number of rotatable bonds is 2. The van der Waals surface area contributed by atoms with E-state index >= 15 is 0 Å². The topological polar surface area (TPSA) is 62.5 Å². The predicted molar refractivity (Wildman–Crippen MR) is 69.4 cm³/mol. The summed E-state index contributed by atoms with van der Waals surface area (Å²) in [4.78, 5) is 0. The molecule has 0 aromatic heterocycles. The van der Waals surface area contributed by atoms with Gasteiger partial charge in [0.25, 0.3) is 0 Å². The lowest BCUT2D eigenvalue weighted by atomic mass is 9.59. The maximum absolute atomic E-state index is 11.2. The zero-order chi connectivity index (χ0) is 13.7. The predicted octanol–water partition coefficient (Wildman–Crippen LogP) is 2.16. The van der Waals surface area contributed by atoms with Gasteiger partial charge in [-0.2, -0.15) is 5.26 Å². The first-order chi connectivity index (χ1) is 8.97. The summed E-state index contributed by atoms with van der Waals surface area (Å²) in [5.74, 6) is 0. The van der Waals surface area contributed by atoms with Crippen LogP contribution in [0.15, 0.2) is 0 Å². The highest BCUT2D eigenvalue weighted by Gasteiger charge is 2.65. The van der Waals surface area contributed by atoms with Crippen LogP contribution in [0.3, 0.4) is 0 Å². The van der Waals surface area contributed by atoms with Crippen molar-refractivity contribution in [1.82, 2.24) is 0 Å². The summed E-state index contributed by atoms with van der Waals surface area (Å²) in [6.07, 6.45) is 4.64. The average molecular weight is 265 g/mol. The van der Waals surface area contributed by atoms with Crippen molar-refractivity contribution in [2.45, 2.75) is 75.8 Å². The van der Waals surface area contributed by atoms with Crippen LogP contribution in [0.5, 0.6) is 0 Å². The standard InChI is InChI=1S/C15H23NO3/c1-3-13(2)9-15(17,6-7-18-13)14(10-16)8-11-4-5-12(14)19-11/h11-12,17H,3-9H2,1-2H3. The van der Waals surface area contributed by atoms with Gasteiger partial charge < -0.3 is 14.6 Å². The van der Waals surface area contributed by atoms with Crippen LogP contribution in [0.2, 0.25) is 0 Å². The summed E-state index contributed by atoms with van der Waals surface area (Å²) in [5, 5.41) is 21.0. The molecule has 0 saturated carbocycles. The number of fused-ring (bicyclic) bond motifs is 2. The van der Waals surface area contributed by atoms with Crippen molar-refractivity contribution in [3.8, 4) is 6.07 Å². The fourth-order valence-corrected chi connectivity index (χ4v) is 4.25. The van der Waals surface area contributed by atoms with E-state index in [4.69, 9.17) is 9.47 Å². The van der Waals surface area contributed by atoms with Crippen molar-refractivity contribution >= 4 is 0 Å². The summed E-state index contributed by atoms with van der Waals surface area (Å²) >= 11 is 0. The molecule has 4 nitrogen and oxygen atoms in total. The van der Waals surface area contributed by atoms with Gasteiger partial charge in [-0.25, -0.2) is 0 Å². The second-order valence-corrected chi connectivity index (χ2v) is 6.72. The summed E-state index contributed by atoms with van der Waals surface area (Å²) in [6, 6.07) is 2.45. The third kappa shape index (κ3) is 1.75. The molecule has 0 amide bonds. The van der Waals surface area contributed by atoms with E-state index in [0.29, 0.717) is 25.9 Å². The molecule has 3 aliphatic rings. The van der Waals surface area contributed by atoms with Crippen molar-refractivity contribution in [2.24, 2.45) is 5.41 Å². The normalized spacial score (nSPS) is 53.2. The molecular formula is C15H23NO3. The van der Waals surface area contributed by atoms with Crippen LogP contribution < -0.4 is 0 Å². The first-order valence-electron chi connectivity index (χ1n) is 7.40. The molecule has 106 valence electrons. The number of nitriles is 1. The molecule has 0 aliphatic carbocycles. The molecule has 3 fully saturated rings. The minimum Gasteiger partial charge on any atom is -0.388 e. The molecule has 5 atom stereocenters. The minimum atomic E-state index is -0.968. The van der Waals surface area contributed by atoms with Crippen LogP contribution in [-0.4, -0.2) is 35.1 Å². The van der Waals surface area contributed by atoms with Crippen molar-refractivity contribution in [3.05, 3.63) is 0 Å². The summed E-state index contributed by atoms with van der Waals surface area (Å²) in [7, 11) is 0. The number of aliphatic hydroxyl groups is 1. The molecule has 0 radical (unpaired) electrons. The van der Waals surface area contributed by atoms with Crippen LogP contribution in [0.4, 0.5) is 0 Å². The van der Waals surface area contributed by atoms with Crippen molar-refractivity contribution in [1.29, 1.82) is 5.26 Å². The highest BCUT2D eigenvalue weighted by molar-refractivity contribution is 5.22. The van der Waals surface area contributed by atoms with E-state index in [0.717, 1.165) is 19.3 Å². The second-order valence-electron chi connectivity index (χ2n) is 6.72. The monoisotopic (exact) mass is 265 g/mol. The molecule has 3 aliphatic heterocycles. The largest absolute Gasteiger partial charge is 0.388 e. The summed E-state index contributed by atoms with van der Waals surface area (Å²) in [5.41, 5.74) is -2.01. The number of ether oxygens (including phenoxy) is 2. The molecule has 19 heavy (non-hydrogen) atoms. The SMILES string of the molecule is CCC1(C)CC(O)(C2(C#N)CC3CCC2O3)CCO1. The van der Waals surface area contributed by atoms with Gasteiger partial charge >= 0.3 is 0 Å². The second kappa shape index (κ2) is 4.18. The summed E-state index contributed by atoms with van der Waals surface area (Å²) in [6.45, 7) is 4.64. The van der Waals surface area contributed by atoms with E-state index in [1.165, 1.54) is 0 Å². The third-order valence-corrected chi connectivity index (χ3v) is 5.62. The molecule has 4 heteroatoms. The van der Waals surface area contributed by atoms with E-state index in [9.17, 15) is 10.4 Å². The molecule has 0 aromatic carbocycles. The molecule has 3 saturated heterocycles. The Morgan fingerprint density at radius 3 is 2.74 bits per heavy atom. The van der Waals surface area contributed by atoms with E-state index in [1.54, 1.807) is 0 Å². The molecular weight excluding hydrogens is 242 g/mol. The molecule has 1 N–H and O–H groups in total. The van der Waals surface area contributed by atoms with Crippen LogP contribution in [0.25, 0.3) is 0 Å². The van der Waals surface area contributed by atoms with Gasteiger partial charge in [-0.3, -0.25) is 0 Å². The van der Waals surface area contributed by atoms with Crippen molar-refractivity contribution < 1.29 is 14.6 Å². The molecule has 0 spiro atoms. The Morgan fingerprint density at radius 2 is 2.21 bits per heavy atom. The van der Waals surface area contributed by atoms with Gasteiger partial charge in [0, 0.05) is 12.8 Å². The van der Waals surface area contributed by atoms with Crippen LogP contribution >= 0.6 is 0 Å². The molecule has 3 heterocycles. The fourth-order valence-electron chi connectivity index (χ4n) is 4.25. The molecule has 0 aromatic rings. The maximum Gasteiger partial charge on any atom is 0.115 e. The van der Waals surface area contributed by atoms with Gasteiger partial charge in [0.05, 0.1) is 36.1 Å². The number of nitrogens with zero attached hydrogens (tertiary/aromatic N) is 1. The van der Waals surface area contributed by atoms with Gasteiger partial charge in [-0.15, -0.1) is 0 Å². The Bertz CT molecular complexity index is 420. The van der Waals surface area contributed by atoms with Crippen molar-refractivity contribution in [2.75, 3.05) is 6.61 Å². The first kappa shape index (κ1) is 13.4. The van der Waals surface area contributed by atoms with Gasteiger partial charge in [0.1, 0.15) is 5.41 Å². The maximum atomic E-state index is 11.2. The van der Waals surface area contributed by atoms with Gasteiger partial charge in [-0.05, 0) is 32.6 Å². The Balaban J connectivity index is 1.93. The Morgan fingerprint density at radius 1 is 1.42 bits per heavy atom. The van der Waals surface area contributed by atoms with Gasteiger partial charge in [-0.1, -0.05) is 6.92 Å². The smallest absolute Gasteiger partial charge is 0.115 e. The lowest BCUT2D eigenvalue weighted by Crippen LogP contribution is -2.59. The third-order valence-electron chi connectivity index (χ3n) is 5.62. The van der Waals surface area contributed by atoms with Gasteiger partial charge in [0.2, 0.25) is 0 Å². The number of hydrogen-bond acceptors (Lipinski definition) is 4. The zero-order valence-electron chi connectivity index (χ0n) is 11.8. The van der Waals surface area contributed by atoms with Gasteiger partial charge in [0.15, 0.2) is 0 Å². The average Bonchev–Trinajstić information content (AvgIpc) is 2.99. The van der Waals surface area contributed by atoms with Crippen LogP contribution in [0.1, 0.15) is 52.4 Å². The van der Waals surface area contributed by atoms with Crippen molar-refractivity contribution in [3.63, 3.8) is 0 Å². The lowest BCUT2D eigenvalue weighted by molar-refractivity contribution is -0.197. The van der Waals surface area contributed by atoms with Crippen LogP contribution in [0, 0.1) is 16.7 Å². The van der Waals surface area contributed by atoms with Crippen LogP contribution in [-0.2, 0) is 9.47 Å². The Labute approximate surface area is 114 Å². The fraction of sp³-hybridized carbons (Fsp3) is 0.933. The molecule has 2 bridgehead atoms. The van der Waals surface area contributed by atoms with E-state index in [-0.39, 0.29) is 17.8 Å². The van der Waals surface area contributed by atoms with E-state index < -0.39 is 11.0 Å². The quantitative estimate of drug-likeness (QED) is 0.831. The highest BCUT2D eigenvalue weighted by Crippen LogP contribution is 2.57.